The van der Waals surface area contributed by atoms with Crippen molar-refractivity contribution in [2.45, 2.75) is 6.18 Å². The second-order valence-corrected chi connectivity index (χ2v) is 5.46. The molecule has 5 heteroatoms. The topological polar surface area (TPSA) is 17.1 Å². The molecule has 0 atom stereocenters. The Hall–Kier alpha value is -1.63. The van der Waals surface area contributed by atoms with Gasteiger partial charge in [-0.1, -0.05) is 30.3 Å². The van der Waals surface area contributed by atoms with E-state index in [9.17, 15) is 18.0 Å². The first-order valence-corrected chi connectivity index (χ1v) is 7.10. The number of allylic oxidation sites excluding steroid dienone is 1. The zero-order valence-corrected chi connectivity index (χ0v) is 12.9. The molecule has 0 aliphatic carbocycles. The van der Waals surface area contributed by atoms with Crippen LogP contribution in [0.4, 0.5) is 13.2 Å². The van der Waals surface area contributed by atoms with Gasteiger partial charge in [-0.15, -0.1) is 0 Å². The zero-order chi connectivity index (χ0) is 15.5. The van der Waals surface area contributed by atoms with Gasteiger partial charge in [-0.3, -0.25) is 4.79 Å². The van der Waals surface area contributed by atoms with Crippen LogP contribution in [0, 0.1) is 3.57 Å². The highest BCUT2D eigenvalue weighted by atomic mass is 127. The van der Waals surface area contributed by atoms with Crippen molar-refractivity contribution in [3.05, 3.63) is 74.9 Å². The molecule has 0 aromatic heterocycles. The molecule has 2 aromatic rings. The van der Waals surface area contributed by atoms with Crippen LogP contribution in [-0.2, 0) is 6.18 Å². The molecule has 0 aliphatic rings. The molecule has 0 aliphatic heterocycles. The molecule has 0 unspecified atom stereocenters. The highest BCUT2D eigenvalue weighted by Gasteiger charge is 2.30. The molecule has 0 saturated heterocycles. The fraction of sp³-hybridized carbons (Fsp3) is 0.0625. The van der Waals surface area contributed by atoms with Crippen LogP contribution in [0.3, 0.4) is 0 Å². The van der Waals surface area contributed by atoms with Gasteiger partial charge < -0.3 is 0 Å². The van der Waals surface area contributed by atoms with E-state index in [1.807, 2.05) is 28.7 Å². The number of carbonyl (C=O) groups excluding carboxylic acids is 1. The number of rotatable bonds is 3. The first kappa shape index (κ1) is 15.8. The maximum absolute atomic E-state index is 12.6. The highest BCUT2D eigenvalue weighted by Crippen LogP contribution is 2.29. The molecular formula is C16H10F3IO. The third-order valence-electron chi connectivity index (χ3n) is 2.78. The molecule has 0 spiro atoms. The van der Waals surface area contributed by atoms with E-state index in [-0.39, 0.29) is 5.78 Å². The van der Waals surface area contributed by atoms with E-state index in [0.717, 1.165) is 15.7 Å². The second kappa shape index (κ2) is 6.43. The zero-order valence-electron chi connectivity index (χ0n) is 10.7. The standard InChI is InChI=1S/C16H10F3IO/c17-16(18,19)12-5-3-4-11(10-12)8-9-15(21)13-6-1-2-7-14(13)20/h1-10H. The Bertz CT molecular complexity index is 690. The van der Waals surface area contributed by atoms with Crippen molar-refractivity contribution in [2.75, 3.05) is 0 Å². The number of carbonyl (C=O) groups is 1. The van der Waals surface area contributed by atoms with Crippen molar-refractivity contribution in [3.8, 4) is 0 Å². The summed E-state index contributed by atoms with van der Waals surface area (Å²) in [7, 11) is 0. The summed E-state index contributed by atoms with van der Waals surface area (Å²) in [5, 5.41) is 0. The fourth-order valence-electron chi connectivity index (χ4n) is 1.74. The number of alkyl halides is 3. The Kier molecular flexibility index (Phi) is 4.82. The van der Waals surface area contributed by atoms with E-state index in [0.29, 0.717) is 11.1 Å². The van der Waals surface area contributed by atoms with Crippen molar-refractivity contribution >= 4 is 34.5 Å². The van der Waals surface area contributed by atoms with Crippen molar-refractivity contribution in [2.24, 2.45) is 0 Å². The molecule has 0 N–H and O–H groups in total. The average Bonchev–Trinajstić information content (AvgIpc) is 2.45. The van der Waals surface area contributed by atoms with Crippen LogP contribution in [0.25, 0.3) is 6.08 Å². The predicted octanol–water partition coefficient (Wildman–Crippen LogP) is 5.21. The lowest BCUT2D eigenvalue weighted by molar-refractivity contribution is -0.137. The van der Waals surface area contributed by atoms with Gasteiger partial charge in [-0.05, 0) is 58.5 Å². The van der Waals surface area contributed by atoms with E-state index in [1.165, 1.54) is 24.3 Å². The monoisotopic (exact) mass is 402 g/mol. The van der Waals surface area contributed by atoms with Gasteiger partial charge in [0.2, 0.25) is 0 Å². The fourth-order valence-corrected chi connectivity index (χ4v) is 2.39. The molecule has 21 heavy (non-hydrogen) atoms. The number of halogens is 4. The Morgan fingerprint density at radius 3 is 2.43 bits per heavy atom. The van der Waals surface area contributed by atoms with Gasteiger partial charge in [0.25, 0.3) is 0 Å². The van der Waals surface area contributed by atoms with Crippen molar-refractivity contribution in [3.63, 3.8) is 0 Å². The van der Waals surface area contributed by atoms with E-state index in [2.05, 4.69) is 0 Å². The Morgan fingerprint density at radius 2 is 1.76 bits per heavy atom. The summed E-state index contributed by atoms with van der Waals surface area (Å²) >= 11 is 2.04. The lowest BCUT2D eigenvalue weighted by Crippen LogP contribution is -2.04. The number of hydrogen-bond acceptors (Lipinski definition) is 1. The maximum Gasteiger partial charge on any atom is 0.416 e. The first-order chi connectivity index (χ1) is 9.88. The largest absolute Gasteiger partial charge is 0.416 e. The lowest BCUT2D eigenvalue weighted by atomic mass is 10.1. The molecule has 108 valence electrons. The predicted molar refractivity (Wildman–Crippen MR) is 84.0 cm³/mol. The molecular weight excluding hydrogens is 392 g/mol. The molecule has 0 radical (unpaired) electrons. The van der Waals surface area contributed by atoms with Crippen LogP contribution < -0.4 is 0 Å². The summed E-state index contributed by atoms with van der Waals surface area (Å²) in [4.78, 5) is 12.0. The quantitative estimate of drug-likeness (QED) is 0.392. The third kappa shape index (κ3) is 4.17. The summed E-state index contributed by atoms with van der Waals surface area (Å²) < 4.78 is 38.6. The summed E-state index contributed by atoms with van der Waals surface area (Å²) in [6.45, 7) is 0. The second-order valence-electron chi connectivity index (χ2n) is 4.30. The first-order valence-electron chi connectivity index (χ1n) is 6.02. The smallest absolute Gasteiger partial charge is 0.289 e. The van der Waals surface area contributed by atoms with Gasteiger partial charge in [-0.2, -0.15) is 13.2 Å². The number of benzene rings is 2. The van der Waals surface area contributed by atoms with Crippen LogP contribution in [0.2, 0.25) is 0 Å². The molecule has 1 nitrogen and oxygen atoms in total. The summed E-state index contributed by atoms with van der Waals surface area (Å²) in [6.07, 6.45) is -1.71. The van der Waals surface area contributed by atoms with Gasteiger partial charge in [0.1, 0.15) is 0 Å². The Balaban J connectivity index is 2.22. The van der Waals surface area contributed by atoms with Gasteiger partial charge in [0.05, 0.1) is 5.56 Å². The van der Waals surface area contributed by atoms with E-state index in [4.69, 9.17) is 0 Å². The Labute approximate surface area is 133 Å². The minimum Gasteiger partial charge on any atom is -0.289 e. The molecule has 2 rings (SSSR count). The number of ketones is 1. The van der Waals surface area contributed by atoms with Crippen LogP contribution >= 0.6 is 22.6 Å². The maximum atomic E-state index is 12.6. The molecule has 0 saturated carbocycles. The Morgan fingerprint density at radius 1 is 1.05 bits per heavy atom. The molecule has 0 amide bonds. The average molecular weight is 402 g/mol. The van der Waals surface area contributed by atoms with Crippen LogP contribution in [0.1, 0.15) is 21.5 Å². The molecule has 2 aromatic carbocycles. The van der Waals surface area contributed by atoms with Crippen molar-refractivity contribution < 1.29 is 18.0 Å². The van der Waals surface area contributed by atoms with Gasteiger partial charge in [-0.25, -0.2) is 0 Å². The molecule has 0 fully saturated rings. The SMILES string of the molecule is O=C(C=Cc1cccc(C(F)(F)F)c1)c1ccccc1I. The van der Waals surface area contributed by atoms with Crippen LogP contribution in [0.15, 0.2) is 54.6 Å². The van der Waals surface area contributed by atoms with Crippen molar-refractivity contribution in [1.82, 2.24) is 0 Å². The lowest BCUT2D eigenvalue weighted by Gasteiger charge is -2.06. The molecule has 0 heterocycles. The molecule has 0 bridgehead atoms. The minimum absolute atomic E-state index is 0.239. The van der Waals surface area contributed by atoms with E-state index < -0.39 is 11.7 Å². The normalized spacial score (nSPS) is 11.8. The minimum atomic E-state index is -4.39. The summed E-state index contributed by atoms with van der Waals surface area (Å²) in [5.74, 6) is -0.239. The van der Waals surface area contributed by atoms with Gasteiger partial charge in [0, 0.05) is 9.13 Å². The third-order valence-corrected chi connectivity index (χ3v) is 3.72. The van der Waals surface area contributed by atoms with Gasteiger partial charge >= 0.3 is 6.18 Å². The van der Waals surface area contributed by atoms with E-state index >= 15 is 0 Å². The highest BCUT2D eigenvalue weighted by molar-refractivity contribution is 14.1. The summed E-state index contributed by atoms with van der Waals surface area (Å²) in [5.41, 5.74) is 0.136. The van der Waals surface area contributed by atoms with Gasteiger partial charge in [0.15, 0.2) is 5.78 Å². The van der Waals surface area contributed by atoms with Crippen LogP contribution in [0.5, 0.6) is 0 Å². The van der Waals surface area contributed by atoms with Crippen LogP contribution in [-0.4, -0.2) is 5.78 Å². The van der Waals surface area contributed by atoms with Crippen molar-refractivity contribution in [1.29, 1.82) is 0 Å². The summed E-state index contributed by atoms with van der Waals surface area (Å²) in [6, 6.07) is 11.9. The van der Waals surface area contributed by atoms with E-state index in [1.54, 1.807) is 18.2 Å². The number of hydrogen-bond donors (Lipinski definition) is 0.